The Bertz CT molecular complexity index is 1470. The monoisotopic (exact) mass is 477 g/mol. The number of para-hydroxylation sites is 1. The Labute approximate surface area is 211 Å². The van der Waals surface area contributed by atoms with E-state index in [2.05, 4.69) is 48.3 Å². The third-order valence-corrected chi connectivity index (χ3v) is 8.10. The van der Waals surface area contributed by atoms with Crippen LogP contribution in [0.4, 0.5) is 0 Å². The summed E-state index contributed by atoms with van der Waals surface area (Å²) < 4.78 is 0. The number of aryl methyl sites for hydroxylation is 2. The number of hydrogen-bond acceptors (Lipinski definition) is 2. The average molecular weight is 478 g/mol. The van der Waals surface area contributed by atoms with Crippen LogP contribution >= 0.6 is 0 Å². The van der Waals surface area contributed by atoms with Gasteiger partial charge in [0.05, 0.1) is 5.69 Å². The number of aromatic nitrogens is 1. The Hall–Kier alpha value is -3.86. The van der Waals surface area contributed by atoms with Gasteiger partial charge in [0.2, 0.25) is 5.91 Å². The lowest BCUT2D eigenvalue weighted by atomic mass is 9.76. The molecule has 6 rings (SSSR count). The normalized spacial score (nSPS) is 21.6. The van der Waals surface area contributed by atoms with Crippen LogP contribution in [0.3, 0.4) is 0 Å². The van der Waals surface area contributed by atoms with Gasteiger partial charge in [0.25, 0.3) is 5.91 Å². The number of nitrogens with zero attached hydrogens (tertiary/aromatic N) is 2. The zero-order chi connectivity index (χ0) is 25.0. The van der Waals surface area contributed by atoms with Crippen molar-refractivity contribution in [3.8, 4) is 0 Å². The number of hydrogen-bond donors (Lipinski definition) is 1. The van der Waals surface area contributed by atoms with Crippen LogP contribution in [-0.2, 0) is 28.1 Å². The molecule has 5 nitrogen and oxygen atoms in total. The minimum Gasteiger partial charge on any atom is -0.356 e. The summed E-state index contributed by atoms with van der Waals surface area (Å²) in [6.45, 7) is 7.12. The van der Waals surface area contributed by atoms with Gasteiger partial charge in [0.1, 0.15) is 6.54 Å². The summed E-state index contributed by atoms with van der Waals surface area (Å²) in [6, 6.07) is 25.1. The highest BCUT2D eigenvalue weighted by Gasteiger charge is 2.56. The zero-order valence-corrected chi connectivity index (χ0v) is 21.0. The second kappa shape index (κ2) is 8.37. The van der Waals surface area contributed by atoms with Crippen LogP contribution in [-0.4, -0.2) is 39.7 Å². The fourth-order valence-electron chi connectivity index (χ4n) is 6.00. The third-order valence-electron chi connectivity index (χ3n) is 8.10. The predicted octanol–water partition coefficient (Wildman–Crippen LogP) is 5.27. The molecule has 1 fully saturated rings. The molecule has 1 N–H and O–H groups in total. The maximum atomic E-state index is 14.2. The van der Waals surface area contributed by atoms with E-state index in [4.69, 9.17) is 0 Å². The topological polar surface area (TPSA) is 56.4 Å². The highest BCUT2D eigenvalue weighted by Crippen LogP contribution is 2.48. The molecule has 0 saturated carbocycles. The highest BCUT2D eigenvalue weighted by atomic mass is 16.2. The van der Waals surface area contributed by atoms with Gasteiger partial charge in [-0.1, -0.05) is 79.2 Å². The van der Waals surface area contributed by atoms with Crippen molar-refractivity contribution in [2.45, 2.75) is 45.2 Å². The van der Waals surface area contributed by atoms with E-state index in [0.717, 1.165) is 34.1 Å². The van der Waals surface area contributed by atoms with E-state index in [1.54, 1.807) is 4.90 Å². The number of amides is 2. The molecule has 5 heteroatoms. The van der Waals surface area contributed by atoms with Crippen LogP contribution < -0.4 is 0 Å². The third kappa shape index (κ3) is 3.37. The number of H-pyrrole nitrogens is 1. The SMILES string of the molecule is CCc1ccc(C2CN3C(=O)CN(Cc4ccc(C)cc4)C(=O)C3(C)c3[nH]c4ccccc4c32)cc1. The molecule has 0 bridgehead atoms. The Morgan fingerprint density at radius 1 is 0.944 bits per heavy atom. The fraction of sp³-hybridized carbons (Fsp3) is 0.290. The summed E-state index contributed by atoms with van der Waals surface area (Å²) in [5.74, 6) is -0.0468. The Morgan fingerprint density at radius 3 is 2.36 bits per heavy atom. The average Bonchev–Trinajstić information content (AvgIpc) is 3.29. The van der Waals surface area contributed by atoms with Crippen LogP contribution in [0.5, 0.6) is 0 Å². The molecule has 3 heterocycles. The van der Waals surface area contributed by atoms with Crippen molar-refractivity contribution >= 4 is 22.7 Å². The smallest absolute Gasteiger partial charge is 0.255 e. The van der Waals surface area contributed by atoms with Gasteiger partial charge in [-0.2, -0.15) is 0 Å². The maximum absolute atomic E-state index is 14.2. The second-order valence-corrected chi connectivity index (χ2v) is 10.3. The number of rotatable bonds is 4. The summed E-state index contributed by atoms with van der Waals surface area (Å²) >= 11 is 0. The summed E-state index contributed by atoms with van der Waals surface area (Å²) in [4.78, 5) is 34.9. The number of carbonyl (C=O) groups excluding carboxylic acids is 2. The molecular weight excluding hydrogens is 446 g/mol. The van der Waals surface area contributed by atoms with Gasteiger partial charge < -0.3 is 14.8 Å². The van der Waals surface area contributed by atoms with Gasteiger partial charge in [-0.05, 0) is 48.6 Å². The number of carbonyl (C=O) groups is 2. The molecule has 2 atom stereocenters. The number of piperazine rings is 1. The quantitative estimate of drug-likeness (QED) is 0.435. The summed E-state index contributed by atoms with van der Waals surface area (Å²) in [5.41, 5.74) is 6.55. The van der Waals surface area contributed by atoms with Crippen molar-refractivity contribution in [3.05, 3.63) is 106 Å². The maximum Gasteiger partial charge on any atom is 0.255 e. The van der Waals surface area contributed by atoms with E-state index in [1.165, 1.54) is 16.7 Å². The van der Waals surface area contributed by atoms with Crippen molar-refractivity contribution in [1.29, 1.82) is 0 Å². The zero-order valence-electron chi connectivity index (χ0n) is 21.0. The van der Waals surface area contributed by atoms with E-state index in [1.807, 2.05) is 55.1 Å². The molecule has 2 unspecified atom stereocenters. The largest absolute Gasteiger partial charge is 0.356 e. The first-order valence-corrected chi connectivity index (χ1v) is 12.8. The molecule has 0 aliphatic carbocycles. The fourth-order valence-corrected chi connectivity index (χ4v) is 6.00. The molecule has 2 amide bonds. The van der Waals surface area contributed by atoms with E-state index >= 15 is 0 Å². The Balaban J connectivity index is 1.48. The molecule has 0 radical (unpaired) electrons. The van der Waals surface area contributed by atoms with Gasteiger partial charge >= 0.3 is 0 Å². The number of fused-ring (bicyclic) bond motifs is 5. The van der Waals surface area contributed by atoms with Crippen molar-refractivity contribution in [2.24, 2.45) is 0 Å². The number of benzene rings is 3. The molecule has 36 heavy (non-hydrogen) atoms. The van der Waals surface area contributed by atoms with E-state index < -0.39 is 5.54 Å². The first-order chi connectivity index (χ1) is 17.4. The lowest BCUT2D eigenvalue weighted by Gasteiger charge is -2.51. The summed E-state index contributed by atoms with van der Waals surface area (Å²) in [5, 5.41) is 1.12. The second-order valence-electron chi connectivity index (χ2n) is 10.3. The lowest BCUT2D eigenvalue weighted by molar-refractivity contribution is -0.166. The van der Waals surface area contributed by atoms with Crippen LogP contribution in [0.2, 0.25) is 0 Å². The molecular formula is C31H31N3O2. The Morgan fingerprint density at radius 2 is 1.64 bits per heavy atom. The van der Waals surface area contributed by atoms with Crippen LogP contribution in [0.1, 0.15) is 53.3 Å². The van der Waals surface area contributed by atoms with Crippen molar-refractivity contribution in [1.82, 2.24) is 14.8 Å². The molecule has 3 aromatic carbocycles. The molecule has 182 valence electrons. The molecule has 1 saturated heterocycles. The van der Waals surface area contributed by atoms with Crippen molar-refractivity contribution in [2.75, 3.05) is 13.1 Å². The van der Waals surface area contributed by atoms with Gasteiger partial charge in [-0.25, -0.2) is 0 Å². The minimum absolute atomic E-state index is 0.00414. The standard InChI is InChI=1S/C31H31N3O2/c1-4-21-13-15-23(16-14-21)25-18-34-27(35)19-33(17-22-11-9-20(2)10-12-22)30(36)31(34,3)29-28(25)24-7-5-6-8-26(24)32-29/h5-16,25,32H,4,17-19H2,1-3H3. The number of aromatic amines is 1. The van der Waals surface area contributed by atoms with Crippen molar-refractivity contribution < 1.29 is 9.59 Å². The molecule has 2 aliphatic heterocycles. The molecule has 1 aromatic heterocycles. The number of nitrogens with one attached hydrogen (secondary N) is 1. The van der Waals surface area contributed by atoms with E-state index in [0.29, 0.717) is 13.1 Å². The van der Waals surface area contributed by atoms with Crippen molar-refractivity contribution in [3.63, 3.8) is 0 Å². The van der Waals surface area contributed by atoms with Crippen LogP contribution in [0.15, 0.2) is 72.8 Å². The van der Waals surface area contributed by atoms with Gasteiger partial charge in [0, 0.05) is 29.9 Å². The summed E-state index contributed by atoms with van der Waals surface area (Å²) in [7, 11) is 0. The molecule has 4 aromatic rings. The molecule has 0 spiro atoms. The van der Waals surface area contributed by atoms with Gasteiger partial charge in [0.15, 0.2) is 5.54 Å². The highest BCUT2D eigenvalue weighted by molar-refractivity contribution is 6.01. The Kier molecular flexibility index (Phi) is 5.25. The van der Waals surface area contributed by atoms with Crippen LogP contribution in [0, 0.1) is 6.92 Å². The lowest BCUT2D eigenvalue weighted by Crippen LogP contribution is -2.67. The van der Waals surface area contributed by atoms with Crippen LogP contribution in [0.25, 0.3) is 10.9 Å². The summed E-state index contributed by atoms with van der Waals surface area (Å²) in [6.07, 6.45) is 0.983. The van der Waals surface area contributed by atoms with E-state index in [-0.39, 0.29) is 24.3 Å². The molecule has 2 aliphatic rings. The van der Waals surface area contributed by atoms with Gasteiger partial charge in [-0.3, -0.25) is 9.59 Å². The van der Waals surface area contributed by atoms with Gasteiger partial charge in [-0.15, -0.1) is 0 Å². The first kappa shape index (κ1) is 22.6. The predicted molar refractivity (Wildman–Crippen MR) is 142 cm³/mol. The minimum atomic E-state index is -1.08. The first-order valence-electron chi connectivity index (χ1n) is 12.8. The van der Waals surface area contributed by atoms with E-state index in [9.17, 15) is 9.59 Å².